The highest BCUT2D eigenvalue weighted by Gasteiger charge is 2.12. The van der Waals surface area contributed by atoms with Crippen LogP contribution >= 0.6 is 11.8 Å². The van der Waals surface area contributed by atoms with Gasteiger partial charge in [0.25, 0.3) is 0 Å². The summed E-state index contributed by atoms with van der Waals surface area (Å²) in [5.74, 6) is 0.826. The summed E-state index contributed by atoms with van der Waals surface area (Å²) in [5, 5.41) is 0.810. The summed E-state index contributed by atoms with van der Waals surface area (Å²) >= 11 is 1.95. The highest BCUT2D eigenvalue weighted by atomic mass is 32.2. The average molecular weight is 128 g/mol. The summed E-state index contributed by atoms with van der Waals surface area (Å²) in [7, 11) is 0. The minimum absolute atomic E-state index is 0.810. The van der Waals surface area contributed by atoms with E-state index in [0.29, 0.717) is 0 Å². The number of thioether (sulfide) groups is 1. The van der Waals surface area contributed by atoms with Crippen molar-refractivity contribution in [3.05, 3.63) is 12.2 Å². The molecule has 0 aromatic rings. The van der Waals surface area contributed by atoms with Crippen LogP contribution in [0.1, 0.15) is 13.3 Å². The topological polar surface area (TPSA) is 0 Å². The molecule has 0 saturated heterocycles. The Morgan fingerprint density at radius 1 is 1.50 bits per heavy atom. The smallest absolute Gasteiger partial charge is 0.0229 e. The van der Waals surface area contributed by atoms with E-state index >= 15 is 0 Å². The third-order valence-electron chi connectivity index (χ3n) is 1.56. The Hall–Kier alpha value is 0.0900. The van der Waals surface area contributed by atoms with Gasteiger partial charge < -0.3 is 0 Å². The molecule has 0 bridgehead atoms. The van der Waals surface area contributed by atoms with Crippen molar-refractivity contribution in [3.8, 4) is 0 Å². The minimum Gasteiger partial charge on any atom is -0.158 e. The Balaban J connectivity index is 2.34. The summed E-state index contributed by atoms with van der Waals surface area (Å²) in [6.45, 7) is 2.27. The van der Waals surface area contributed by atoms with Crippen molar-refractivity contribution in [1.82, 2.24) is 0 Å². The van der Waals surface area contributed by atoms with Crippen molar-refractivity contribution in [1.29, 1.82) is 0 Å². The molecule has 1 rings (SSSR count). The molecule has 0 saturated carbocycles. The van der Waals surface area contributed by atoms with Gasteiger partial charge in [-0.15, -0.1) is 0 Å². The molecule has 0 nitrogen and oxygen atoms in total. The lowest BCUT2D eigenvalue weighted by Gasteiger charge is -2.02. The molecule has 0 spiro atoms. The summed E-state index contributed by atoms with van der Waals surface area (Å²) < 4.78 is 0. The Morgan fingerprint density at radius 2 is 2.25 bits per heavy atom. The number of rotatable bonds is 1. The van der Waals surface area contributed by atoms with Crippen LogP contribution in [-0.2, 0) is 0 Å². The van der Waals surface area contributed by atoms with Crippen molar-refractivity contribution in [2.24, 2.45) is 5.92 Å². The average Bonchev–Trinajstić information content (AvgIpc) is 2.14. The first-order valence-corrected chi connectivity index (χ1v) is 4.33. The lowest BCUT2D eigenvalue weighted by atomic mass is 10.2. The normalized spacial score (nSPS) is 36.2. The van der Waals surface area contributed by atoms with E-state index in [1.807, 2.05) is 11.8 Å². The van der Waals surface area contributed by atoms with E-state index in [0.717, 1.165) is 11.2 Å². The molecule has 0 aromatic carbocycles. The predicted octanol–water partition coefficient (Wildman–Crippen LogP) is 2.31. The van der Waals surface area contributed by atoms with Gasteiger partial charge in [-0.25, -0.2) is 0 Å². The first-order valence-electron chi connectivity index (χ1n) is 3.04. The maximum Gasteiger partial charge on any atom is 0.0229 e. The Morgan fingerprint density at radius 3 is 2.50 bits per heavy atom. The van der Waals surface area contributed by atoms with E-state index in [9.17, 15) is 0 Å². The highest BCUT2D eigenvalue weighted by Crippen LogP contribution is 2.25. The lowest BCUT2D eigenvalue weighted by molar-refractivity contribution is 0.709. The second kappa shape index (κ2) is 2.58. The zero-order valence-electron chi connectivity index (χ0n) is 5.42. The van der Waals surface area contributed by atoms with E-state index in [2.05, 4.69) is 25.3 Å². The molecule has 1 heteroatoms. The second-order valence-corrected chi connectivity index (χ2v) is 3.45. The fourth-order valence-electron chi connectivity index (χ4n) is 1.01. The Labute approximate surface area is 55.4 Å². The summed E-state index contributed by atoms with van der Waals surface area (Å²) in [5.41, 5.74) is 0. The van der Waals surface area contributed by atoms with Crippen molar-refractivity contribution >= 4 is 11.8 Å². The molecule has 1 aliphatic carbocycles. The zero-order valence-corrected chi connectivity index (χ0v) is 6.24. The maximum atomic E-state index is 2.31. The Bertz CT molecular complexity index is 96.6. The molecule has 8 heavy (non-hydrogen) atoms. The van der Waals surface area contributed by atoms with E-state index in [1.54, 1.807) is 0 Å². The summed E-state index contributed by atoms with van der Waals surface area (Å²) in [6, 6.07) is 0. The SMILES string of the molecule is CSC1C=CC(C)C1. The third-order valence-corrected chi connectivity index (χ3v) is 2.52. The fraction of sp³-hybridized carbons (Fsp3) is 0.714. The molecule has 0 aliphatic heterocycles. The molecular weight excluding hydrogens is 116 g/mol. The van der Waals surface area contributed by atoms with Crippen molar-refractivity contribution in [3.63, 3.8) is 0 Å². The molecule has 46 valence electrons. The van der Waals surface area contributed by atoms with Crippen molar-refractivity contribution in [2.75, 3.05) is 6.26 Å². The number of hydrogen-bond acceptors (Lipinski definition) is 1. The van der Waals surface area contributed by atoms with Crippen LogP contribution in [0.3, 0.4) is 0 Å². The molecule has 0 aromatic heterocycles. The molecule has 0 amide bonds. The second-order valence-electron chi connectivity index (χ2n) is 2.37. The summed E-state index contributed by atoms with van der Waals surface area (Å²) in [4.78, 5) is 0. The van der Waals surface area contributed by atoms with Gasteiger partial charge in [0, 0.05) is 5.25 Å². The predicted molar refractivity (Wildman–Crippen MR) is 40.2 cm³/mol. The maximum absolute atomic E-state index is 2.31. The Kier molecular flexibility index (Phi) is 2.01. The van der Waals surface area contributed by atoms with E-state index in [1.165, 1.54) is 6.42 Å². The molecular formula is C7H12S. The largest absolute Gasteiger partial charge is 0.158 e. The number of allylic oxidation sites excluding steroid dienone is 1. The van der Waals surface area contributed by atoms with Gasteiger partial charge in [-0.1, -0.05) is 19.1 Å². The van der Waals surface area contributed by atoms with E-state index in [-0.39, 0.29) is 0 Å². The van der Waals surface area contributed by atoms with E-state index in [4.69, 9.17) is 0 Å². The van der Waals surface area contributed by atoms with Crippen LogP contribution < -0.4 is 0 Å². The summed E-state index contributed by atoms with van der Waals surface area (Å²) in [6.07, 6.45) is 8.14. The molecule has 0 fully saturated rings. The zero-order chi connectivity index (χ0) is 5.98. The molecule has 0 radical (unpaired) electrons. The van der Waals surface area contributed by atoms with Gasteiger partial charge in [-0.2, -0.15) is 11.8 Å². The van der Waals surface area contributed by atoms with Crippen LogP contribution in [0.25, 0.3) is 0 Å². The van der Waals surface area contributed by atoms with Gasteiger partial charge in [-0.3, -0.25) is 0 Å². The standard InChI is InChI=1S/C7H12S/c1-6-3-4-7(5-6)8-2/h3-4,6-7H,5H2,1-2H3. The van der Waals surface area contributed by atoms with Crippen molar-refractivity contribution in [2.45, 2.75) is 18.6 Å². The van der Waals surface area contributed by atoms with Crippen LogP contribution in [0, 0.1) is 5.92 Å². The van der Waals surface area contributed by atoms with Crippen LogP contribution in [0.2, 0.25) is 0 Å². The van der Waals surface area contributed by atoms with Gasteiger partial charge in [0.05, 0.1) is 0 Å². The molecule has 0 heterocycles. The first kappa shape index (κ1) is 6.21. The first-order chi connectivity index (χ1) is 3.83. The minimum atomic E-state index is 0.810. The third kappa shape index (κ3) is 1.28. The quantitative estimate of drug-likeness (QED) is 0.488. The number of hydrogen-bond donors (Lipinski definition) is 0. The van der Waals surface area contributed by atoms with Gasteiger partial charge in [0.2, 0.25) is 0 Å². The molecule has 0 N–H and O–H groups in total. The molecule has 1 aliphatic rings. The van der Waals surface area contributed by atoms with Gasteiger partial charge in [-0.05, 0) is 18.6 Å². The van der Waals surface area contributed by atoms with Crippen LogP contribution in [-0.4, -0.2) is 11.5 Å². The lowest BCUT2D eigenvalue weighted by Crippen LogP contribution is -1.93. The monoisotopic (exact) mass is 128 g/mol. The van der Waals surface area contributed by atoms with Crippen molar-refractivity contribution < 1.29 is 0 Å². The van der Waals surface area contributed by atoms with Crippen LogP contribution in [0.15, 0.2) is 12.2 Å². The fourth-order valence-corrected chi connectivity index (χ4v) is 1.76. The van der Waals surface area contributed by atoms with Gasteiger partial charge in [0.1, 0.15) is 0 Å². The van der Waals surface area contributed by atoms with Gasteiger partial charge >= 0.3 is 0 Å². The highest BCUT2D eigenvalue weighted by molar-refractivity contribution is 7.99. The van der Waals surface area contributed by atoms with Crippen LogP contribution in [0.4, 0.5) is 0 Å². The van der Waals surface area contributed by atoms with Crippen LogP contribution in [0.5, 0.6) is 0 Å². The molecule has 2 atom stereocenters. The van der Waals surface area contributed by atoms with E-state index < -0.39 is 0 Å². The molecule has 2 unspecified atom stereocenters. The van der Waals surface area contributed by atoms with Gasteiger partial charge in [0.15, 0.2) is 0 Å².